The summed E-state index contributed by atoms with van der Waals surface area (Å²) in [5, 5.41) is 15.9. The average molecular weight is 382 g/mol. The molecule has 0 unspecified atom stereocenters. The summed E-state index contributed by atoms with van der Waals surface area (Å²) in [5.41, 5.74) is 2.16. The number of hydrazone groups is 1. The lowest BCUT2D eigenvalue weighted by Gasteiger charge is -2.07. The number of amides is 2. The number of phenols is 1. The Morgan fingerprint density at radius 1 is 1.19 bits per heavy atom. The first-order valence-electron chi connectivity index (χ1n) is 7.33. The van der Waals surface area contributed by atoms with Gasteiger partial charge in [-0.15, -0.1) is 0 Å². The molecular formula is C17H14ClF2N3O3. The van der Waals surface area contributed by atoms with Crippen LogP contribution in [-0.4, -0.2) is 22.6 Å². The van der Waals surface area contributed by atoms with Gasteiger partial charge >= 0.3 is 0 Å². The fourth-order valence-electron chi connectivity index (χ4n) is 1.95. The van der Waals surface area contributed by atoms with E-state index in [-0.39, 0.29) is 34.2 Å². The number of rotatable bonds is 5. The van der Waals surface area contributed by atoms with Gasteiger partial charge in [-0.3, -0.25) is 9.59 Å². The number of carbonyl (C=O) groups is 2. The molecule has 0 saturated heterocycles. The van der Waals surface area contributed by atoms with Crippen LogP contribution in [0, 0.1) is 11.6 Å². The summed E-state index contributed by atoms with van der Waals surface area (Å²) >= 11 is 5.76. The topological polar surface area (TPSA) is 90.8 Å². The normalized spacial score (nSPS) is 11.2. The molecule has 6 nitrogen and oxygen atoms in total. The first kappa shape index (κ1) is 19.3. The van der Waals surface area contributed by atoms with Crippen molar-refractivity contribution in [3.05, 3.63) is 58.6 Å². The lowest BCUT2D eigenvalue weighted by Crippen LogP contribution is -2.21. The highest BCUT2D eigenvalue weighted by atomic mass is 35.5. The highest BCUT2D eigenvalue weighted by molar-refractivity contribution is 6.31. The highest BCUT2D eigenvalue weighted by Gasteiger charge is 2.12. The van der Waals surface area contributed by atoms with Crippen LogP contribution in [0.25, 0.3) is 0 Å². The van der Waals surface area contributed by atoms with E-state index in [1.54, 1.807) is 0 Å². The van der Waals surface area contributed by atoms with E-state index in [9.17, 15) is 23.5 Å². The van der Waals surface area contributed by atoms with E-state index >= 15 is 0 Å². The van der Waals surface area contributed by atoms with Crippen LogP contribution in [0.4, 0.5) is 14.5 Å². The van der Waals surface area contributed by atoms with E-state index in [1.165, 1.54) is 25.1 Å². The minimum atomic E-state index is -0.905. The molecule has 0 fully saturated rings. The Labute approximate surface area is 152 Å². The van der Waals surface area contributed by atoms with E-state index in [0.29, 0.717) is 6.07 Å². The predicted molar refractivity (Wildman–Crippen MR) is 93.3 cm³/mol. The number of nitrogens with zero attached hydrogens (tertiary/aromatic N) is 1. The van der Waals surface area contributed by atoms with Crippen molar-refractivity contribution in [2.45, 2.75) is 13.3 Å². The Hall–Kier alpha value is -3.00. The number of benzene rings is 2. The van der Waals surface area contributed by atoms with Gasteiger partial charge in [0, 0.05) is 16.8 Å². The van der Waals surface area contributed by atoms with Gasteiger partial charge < -0.3 is 10.4 Å². The van der Waals surface area contributed by atoms with Crippen LogP contribution in [0.15, 0.2) is 41.5 Å². The number of aromatic hydroxyl groups is 1. The largest absolute Gasteiger partial charge is 0.507 e. The Kier molecular flexibility index (Phi) is 6.24. The number of halogens is 3. The maximum atomic E-state index is 13.5. The molecule has 0 aliphatic heterocycles. The lowest BCUT2D eigenvalue weighted by molar-refractivity contribution is -0.115. The van der Waals surface area contributed by atoms with E-state index < -0.39 is 23.4 Å². The summed E-state index contributed by atoms with van der Waals surface area (Å²) in [6.45, 7) is 1.47. The first-order chi connectivity index (χ1) is 12.3. The zero-order chi connectivity index (χ0) is 19.3. The van der Waals surface area contributed by atoms with Crippen molar-refractivity contribution < 1.29 is 23.5 Å². The maximum absolute atomic E-state index is 13.5. The molecule has 0 spiro atoms. The van der Waals surface area contributed by atoms with Crippen molar-refractivity contribution in [1.29, 1.82) is 0 Å². The summed E-state index contributed by atoms with van der Waals surface area (Å²) in [6.07, 6.45) is -0.237. The lowest BCUT2D eigenvalue weighted by atomic mass is 10.2. The van der Waals surface area contributed by atoms with Crippen molar-refractivity contribution >= 4 is 34.8 Å². The van der Waals surface area contributed by atoms with E-state index in [1.807, 2.05) is 0 Å². The van der Waals surface area contributed by atoms with E-state index in [2.05, 4.69) is 15.8 Å². The second-order valence-electron chi connectivity index (χ2n) is 5.30. The molecule has 0 atom stereocenters. The van der Waals surface area contributed by atoms with Gasteiger partial charge in [-0.05, 0) is 37.3 Å². The van der Waals surface area contributed by atoms with Crippen LogP contribution in [0.2, 0.25) is 5.02 Å². The molecule has 2 aromatic rings. The van der Waals surface area contributed by atoms with E-state index in [0.717, 1.165) is 12.1 Å². The fourth-order valence-corrected chi connectivity index (χ4v) is 2.13. The monoisotopic (exact) mass is 381 g/mol. The Balaban J connectivity index is 1.96. The van der Waals surface area contributed by atoms with Crippen LogP contribution >= 0.6 is 11.6 Å². The summed E-state index contributed by atoms with van der Waals surface area (Å²) < 4.78 is 26.3. The van der Waals surface area contributed by atoms with Gasteiger partial charge in [0.15, 0.2) is 0 Å². The molecule has 9 heteroatoms. The van der Waals surface area contributed by atoms with Crippen molar-refractivity contribution in [3.8, 4) is 5.75 Å². The van der Waals surface area contributed by atoms with Gasteiger partial charge in [0.05, 0.1) is 17.7 Å². The van der Waals surface area contributed by atoms with Crippen LogP contribution in [-0.2, 0) is 4.79 Å². The summed E-state index contributed by atoms with van der Waals surface area (Å²) in [5.74, 6) is -3.25. The molecule has 3 N–H and O–H groups in total. The van der Waals surface area contributed by atoms with Crippen molar-refractivity contribution in [2.75, 3.05) is 5.32 Å². The number of anilines is 1. The minimum Gasteiger partial charge on any atom is -0.507 e. The Morgan fingerprint density at radius 3 is 2.62 bits per heavy atom. The van der Waals surface area contributed by atoms with Crippen molar-refractivity contribution in [2.24, 2.45) is 5.10 Å². The molecule has 0 aliphatic rings. The number of carbonyl (C=O) groups excluding carboxylic acids is 2. The number of nitrogens with one attached hydrogen (secondary N) is 2. The predicted octanol–water partition coefficient (Wildman–Crippen LogP) is 3.46. The van der Waals surface area contributed by atoms with Gasteiger partial charge in [-0.25, -0.2) is 14.2 Å². The second kappa shape index (κ2) is 8.39. The molecule has 136 valence electrons. The minimum absolute atomic E-state index is 0.0770. The summed E-state index contributed by atoms with van der Waals surface area (Å²) in [7, 11) is 0. The molecule has 2 rings (SSSR count). The number of phenolic OH excluding ortho intramolecular Hbond substituents is 1. The molecule has 0 radical (unpaired) electrons. The molecule has 0 bridgehead atoms. The van der Waals surface area contributed by atoms with Gasteiger partial charge in [0.25, 0.3) is 5.91 Å². The fraction of sp³-hybridized carbons (Fsp3) is 0.118. The van der Waals surface area contributed by atoms with Crippen LogP contribution in [0.1, 0.15) is 23.7 Å². The molecule has 0 aliphatic carbocycles. The van der Waals surface area contributed by atoms with Gasteiger partial charge in [0.1, 0.15) is 17.4 Å². The molecule has 2 amide bonds. The van der Waals surface area contributed by atoms with Crippen LogP contribution in [0.5, 0.6) is 5.75 Å². The van der Waals surface area contributed by atoms with Crippen LogP contribution < -0.4 is 10.7 Å². The summed E-state index contributed by atoms with van der Waals surface area (Å²) in [4.78, 5) is 23.8. The van der Waals surface area contributed by atoms with E-state index in [4.69, 9.17) is 11.6 Å². The first-order valence-corrected chi connectivity index (χ1v) is 7.71. The highest BCUT2D eigenvalue weighted by Crippen LogP contribution is 2.21. The molecule has 26 heavy (non-hydrogen) atoms. The van der Waals surface area contributed by atoms with Gasteiger partial charge in [-0.2, -0.15) is 5.10 Å². The maximum Gasteiger partial charge on any atom is 0.275 e. The molecule has 2 aromatic carbocycles. The van der Waals surface area contributed by atoms with Crippen LogP contribution in [0.3, 0.4) is 0 Å². The average Bonchev–Trinajstić information content (AvgIpc) is 2.57. The Morgan fingerprint density at radius 2 is 1.92 bits per heavy atom. The molecular weight excluding hydrogens is 368 g/mol. The SMILES string of the molecule is C/C(CC(=O)Nc1ccc(F)cc1F)=N\NC(=O)c1cc(Cl)ccc1O. The van der Waals surface area contributed by atoms with Crippen molar-refractivity contribution in [3.63, 3.8) is 0 Å². The third-order valence-corrected chi connectivity index (χ3v) is 3.41. The second-order valence-corrected chi connectivity index (χ2v) is 5.74. The standard InChI is InChI=1S/C17H14ClF2N3O3/c1-9(6-16(25)21-14-4-3-11(19)8-13(14)20)22-23-17(26)12-7-10(18)2-5-15(12)24/h2-5,7-8,24H,6H2,1H3,(H,21,25)(H,23,26)/b22-9+. The third-order valence-electron chi connectivity index (χ3n) is 3.17. The molecule has 0 heterocycles. The Bertz CT molecular complexity index is 888. The zero-order valence-corrected chi connectivity index (χ0v) is 14.3. The molecule has 0 saturated carbocycles. The van der Waals surface area contributed by atoms with Crippen molar-refractivity contribution in [1.82, 2.24) is 5.43 Å². The van der Waals surface area contributed by atoms with Gasteiger partial charge in [0.2, 0.25) is 5.91 Å². The smallest absolute Gasteiger partial charge is 0.275 e. The quantitative estimate of drug-likeness (QED) is 0.547. The third kappa shape index (κ3) is 5.25. The zero-order valence-electron chi connectivity index (χ0n) is 13.5. The number of hydrogen-bond donors (Lipinski definition) is 3. The van der Waals surface area contributed by atoms with Gasteiger partial charge in [-0.1, -0.05) is 11.6 Å². The summed E-state index contributed by atoms with van der Waals surface area (Å²) in [6, 6.07) is 6.70. The molecule has 0 aromatic heterocycles. The number of hydrogen-bond acceptors (Lipinski definition) is 4.